The predicted molar refractivity (Wildman–Crippen MR) is 37.6 cm³/mol. The summed E-state index contributed by atoms with van der Waals surface area (Å²) in [6, 6.07) is 3.65. The van der Waals surface area contributed by atoms with Crippen LogP contribution in [0.5, 0.6) is 5.75 Å². The van der Waals surface area contributed by atoms with Crippen LogP contribution in [0.2, 0.25) is 0 Å². The van der Waals surface area contributed by atoms with Crippen LogP contribution in [0.1, 0.15) is 0 Å². The molecule has 0 saturated heterocycles. The molecule has 0 bridgehead atoms. The molecule has 0 aliphatic carbocycles. The highest BCUT2D eigenvalue weighted by atomic mass is 16.6. The van der Waals surface area contributed by atoms with Crippen LogP contribution in [-0.4, -0.2) is 15.2 Å². The third-order valence-corrected chi connectivity index (χ3v) is 1.23. The minimum Gasteiger partial charge on any atom is -0.506 e. The number of nitrogen functional groups attached to an aromatic ring is 1. The molecule has 0 radical (unpaired) electrons. The Hall–Kier alpha value is -1.78. The third kappa shape index (κ3) is 1.37. The van der Waals surface area contributed by atoms with Gasteiger partial charge in [0.15, 0.2) is 0 Å². The Labute approximate surface area is 62.2 Å². The van der Waals surface area contributed by atoms with Crippen molar-refractivity contribution in [3.63, 3.8) is 0 Å². The van der Waals surface area contributed by atoms with Crippen molar-refractivity contribution in [2.75, 3.05) is 5.73 Å². The van der Waals surface area contributed by atoms with Crippen molar-refractivity contribution < 1.29 is 15.2 Å². The summed E-state index contributed by atoms with van der Waals surface area (Å²) in [5.74, 6) is -0.115. The first kappa shape index (κ1) is 7.33. The third-order valence-electron chi connectivity index (χ3n) is 1.23. The highest BCUT2D eigenvalue weighted by Gasteiger charge is 2.12. The molecule has 0 atom stereocenters. The maximum absolute atomic E-state index is 10.2. The topological polar surface area (TPSA) is 86.6 Å². The Morgan fingerprint density at radius 3 is 2.55 bits per heavy atom. The number of benzene rings is 1. The van der Waals surface area contributed by atoms with Gasteiger partial charge >= 0.3 is 5.69 Å². The van der Waals surface area contributed by atoms with Crippen molar-refractivity contribution >= 4 is 11.4 Å². The van der Waals surface area contributed by atoms with Crippen molar-refractivity contribution in [3.8, 4) is 5.75 Å². The number of hydrogen-bond donors (Lipinski definition) is 3. The molecule has 0 spiro atoms. The molecule has 0 fully saturated rings. The van der Waals surface area contributed by atoms with Gasteiger partial charge in [0.2, 0.25) is 0 Å². The fourth-order valence-corrected chi connectivity index (χ4v) is 0.661. The maximum atomic E-state index is 10.2. The van der Waals surface area contributed by atoms with Crippen LogP contribution in [0.25, 0.3) is 0 Å². The van der Waals surface area contributed by atoms with Gasteiger partial charge in [-0.2, -0.15) is 0 Å². The second-order valence-electron chi connectivity index (χ2n) is 2.02. The van der Waals surface area contributed by atoms with Gasteiger partial charge < -0.3 is 10.8 Å². The number of phenolic OH excluding ortho intramolecular Hbond substituents is 1. The molecule has 0 aliphatic rings. The largest absolute Gasteiger partial charge is 0.506 e. The quantitative estimate of drug-likeness (QED) is 0.317. The minimum absolute atomic E-state index is 0.0136. The number of nitrogens with two attached hydrogens (primary N) is 1. The summed E-state index contributed by atoms with van der Waals surface area (Å²) in [4.78, 5) is 9.92. The van der Waals surface area contributed by atoms with Gasteiger partial charge in [-0.1, -0.05) is 0 Å². The van der Waals surface area contributed by atoms with Crippen molar-refractivity contribution in [1.29, 1.82) is 0 Å². The second kappa shape index (κ2) is 2.45. The number of rotatable bonds is 1. The number of phenols is 1. The molecule has 1 aromatic rings. The Balaban J connectivity index is 3.15. The maximum Gasteiger partial charge on any atom is 0.318 e. The molecule has 4 N–H and O–H groups in total. The molecule has 0 saturated carbocycles. The van der Waals surface area contributed by atoms with E-state index in [-0.39, 0.29) is 22.0 Å². The van der Waals surface area contributed by atoms with E-state index in [1.54, 1.807) is 0 Å². The van der Waals surface area contributed by atoms with E-state index >= 15 is 0 Å². The molecule has 0 unspecified atom stereocenters. The molecule has 1 aromatic carbocycles. The van der Waals surface area contributed by atoms with E-state index in [2.05, 4.69) is 0 Å². The molecule has 5 heteroatoms. The van der Waals surface area contributed by atoms with Crippen molar-refractivity contribution in [2.24, 2.45) is 0 Å². The number of aromatic hydroxyl groups is 1. The summed E-state index contributed by atoms with van der Waals surface area (Å²) < 4.78 is 0. The van der Waals surface area contributed by atoms with E-state index in [1.165, 1.54) is 18.2 Å². The van der Waals surface area contributed by atoms with E-state index in [0.29, 0.717) is 0 Å². The highest BCUT2D eigenvalue weighted by Crippen LogP contribution is 2.23. The molecule has 0 aliphatic heterocycles. The Morgan fingerprint density at radius 2 is 2.09 bits per heavy atom. The van der Waals surface area contributed by atoms with Gasteiger partial charge in [0.05, 0.1) is 10.6 Å². The van der Waals surface area contributed by atoms with Crippen molar-refractivity contribution in [1.82, 2.24) is 0 Å². The smallest absolute Gasteiger partial charge is 0.318 e. The molecule has 1 rings (SSSR count). The Morgan fingerprint density at radius 1 is 1.45 bits per heavy atom. The van der Waals surface area contributed by atoms with E-state index in [0.717, 1.165) is 0 Å². The van der Waals surface area contributed by atoms with Crippen LogP contribution in [0, 0.1) is 4.91 Å². The summed E-state index contributed by atoms with van der Waals surface area (Å²) >= 11 is 0. The van der Waals surface area contributed by atoms with E-state index in [4.69, 9.17) is 16.0 Å². The van der Waals surface area contributed by atoms with Crippen LogP contribution in [0.3, 0.4) is 0 Å². The molecular formula is C6H7N2O3+. The lowest BCUT2D eigenvalue weighted by Crippen LogP contribution is -1.93. The molecule has 0 heterocycles. The molecule has 58 valence electrons. The SMILES string of the molecule is Nc1cc([N+](=O)O)ccc1O. The van der Waals surface area contributed by atoms with Gasteiger partial charge in [-0.05, 0) is 6.07 Å². The Kier molecular flexibility index (Phi) is 1.63. The lowest BCUT2D eigenvalue weighted by molar-refractivity contribution is -0.729. The van der Waals surface area contributed by atoms with Crippen LogP contribution < -0.4 is 5.73 Å². The summed E-state index contributed by atoms with van der Waals surface area (Å²) in [6.45, 7) is 0. The first-order chi connectivity index (χ1) is 5.11. The average Bonchev–Trinajstić information content (AvgIpc) is 1.94. The number of anilines is 1. The van der Waals surface area contributed by atoms with Gasteiger partial charge in [0, 0.05) is 12.1 Å². The zero-order chi connectivity index (χ0) is 8.43. The molecule has 0 aromatic heterocycles. The summed E-state index contributed by atoms with van der Waals surface area (Å²) in [5.41, 5.74) is 5.27. The first-order valence-electron chi connectivity index (χ1n) is 2.86. The van der Waals surface area contributed by atoms with E-state index < -0.39 is 0 Å². The van der Waals surface area contributed by atoms with Crippen LogP contribution in [0.4, 0.5) is 11.4 Å². The lowest BCUT2D eigenvalue weighted by Gasteiger charge is -1.93. The molecule has 5 nitrogen and oxygen atoms in total. The van der Waals surface area contributed by atoms with Gasteiger partial charge in [-0.25, -0.2) is 5.21 Å². The average molecular weight is 155 g/mol. The summed E-state index contributed by atoms with van der Waals surface area (Å²) in [5, 5.41) is 17.3. The highest BCUT2D eigenvalue weighted by molar-refractivity contribution is 5.57. The zero-order valence-corrected chi connectivity index (χ0v) is 5.56. The molecule has 11 heavy (non-hydrogen) atoms. The van der Waals surface area contributed by atoms with Gasteiger partial charge in [-0.15, -0.1) is 0 Å². The fraction of sp³-hybridized carbons (Fsp3) is 0. The van der Waals surface area contributed by atoms with Crippen LogP contribution in [-0.2, 0) is 0 Å². The Bertz CT molecular complexity index is 298. The lowest BCUT2D eigenvalue weighted by atomic mass is 10.2. The summed E-state index contributed by atoms with van der Waals surface area (Å²) in [7, 11) is 0. The molecular weight excluding hydrogens is 148 g/mol. The van der Waals surface area contributed by atoms with Crippen molar-refractivity contribution in [3.05, 3.63) is 23.1 Å². The van der Waals surface area contributed by atoms with Crippen LogP contribution in [0.15, 0.2) is 18.2 Å². The van der Waals surface area contributed by atoms with E-state index in [9.17, 15) is 4.91 Å². The molecule has 0 amide bonds. The monoisotopic (exact) mass is 155 g/mol. The standard InChI is InChI=1S/C6H6N2O3/c7-5-3-4(8(10)11)1-2-6(5)9/h1-3H,7H2,(H-,9,10,11)/p+1. The fourth-order valence-electron chi connectivity index (χ4n) is 0.661. The summed E-state index contributed by atoms with van der Waals surface area (Å²) in [6.07, 6.45) is 0. The number of nitrogens with zero attached hydrogens (tertiary/aromatic N) is 1. The minimum atomic E-state index is -0.324. The second-order valence-corrected chi connectivity index (χ2v) is 2.02. The van der Waals surface area contributed by atoms with Gasteiger partial charge in [-0.3, -0.25) is 0 Å². The van der Waals surface area contributed by atoms with E-state index in [1.807, 2.05) is 0 Å². The van der Waals surface area contributed by atoms with Crippen LogP contribution >= 0.6 is 0 Å². The predicted octanol–water partition coefficient (Wildman–Crippen LogP) is 0.774. The first-order valence-corrected chi connectivity index (χ1v) is 2.86. The van der Waals surface area contributed by atoms with Crippen molar-refractivity contribution in [2.45, 2.75) is 0 Å². The normalized spacial score (nSPS) is 9.45. The number of hydrogen-bond acceptors (Lipinski definition) is 3. The van der Waals surface area contributed by atoms with Gasteiger partial charge in [0.1, 0.15) is 5.75 Å². The van der Waals surface area contributed by atoms with Gasteiger partial charge in [0.25, 0.3) is 4.92 Å². The zero-order valence-electron chi connectivity index (χ0n) is 5.56.